The molecule has 1 aliphatic rings. The van der Waals surface area contributed by atoms with E-state index < -0.39 is 0 Å². The zero-order chi connectivity index (χ0) is 15.9. The van der Waals surface area contributed by atoms with Crippen molar-refractivity contribution in [2.24, 2.45) is 0 Å². The fraction of sp³-hybridized carbons (Fsp3) is 0.588. The van der Waals surface area contributed by atoms with Crippen LogP contribution in [0.3, 0.4) is 0 Å². The van der Waals surface area contributed by atoms with E-state index in [-0.39, 0.29) is 12.1 Å². The zero-order valence-electron chi connectivity index (χ0n) is 13.7. The standard InChI is InChI=1S/C17H26N2O3/c1-14-7-4-5-8-15(14)16-13-19(10-12-22-16)17(20)18(2)9-6-11-21-3/h4-5,7-8,16H,6,9-13H2,1-3H3/t16-/m0/s1. The van der Waals surface area contributed by atoms with Gasteiger partial charge in [-0.2, -0.15) is 0 Å². The van der Waals surface area contributed by atoms with Crippen LogP contribution in [0.1, 0.15) is 23.7 Å². The second-order valence-corrected chi connectivity index (χ2v) is 5.71. The summed E-state index contributed by atoms with van der Waals surface area (Å²) in [6.45, 7) is 5.30. The molecule has 22 heavy (non-hydrogen) atoms. The molecular weight excluding hydrogens is 280 g/mol. The molecule has 1 aliphatic heterocycles. The molecule has 2 amide bonds. The Labute approximate surface area is 132 Å². The number of rotatable bonds is 5. The largest absolute Gasteiger partial charge is 0.385 e. The van der Waals surface area contributed by atoms with Gasteiger partial charge in [-0.15, -0.1) is 0 Å². The van der Waals surface area contributed by atoms with Crippen LogP contribution in [0.15, 0.2) is 24.3 Å². The number of hydrogen-bond donors (Lipinski definition) is 0. The summed E-state index contributed by atoms with van der Waals surface area (Å²) in [6, 6.07) is 8.27. The van der Waals surface area contributed by atoms with Gasteiger partial charge in [0.1, 0.15) is 6.10 Å². The van der Waals surface area contributed by atoms with Crippen LogP contribution in [0, 0.1) is 6.92 Å². The molecule has 0 unspecified atom stereocenters. The van der Waals surface area contributed by atoms with Gasteiger partial charge in [-0.1, -0.05) is 24.3 Å². The van der Waals surface area contributed by atoms with Crippen molar-refractivity contribution >= 4 is 6.03 Å². The second kappa shape index (κ2) is 8.15. The molecule has 0 saturated carbocycles. The molecule has 122 valence electrons. The van der Waals surface area contributed by atoms with Gasteiger partial charge in [0.05, 0.1) is 13.2 Å². The van der Waals surface area contributed by atoms with Crippen molar-refractivity contribution in [3.05, 3.63) is 35.4 Å². The first-order chi connectivity index (χ1) is 10.6. The first-order valence-electron chi connectivity index (χ1n) is 7.79. The fourth-order valence-corrected chi connectivity index (χ4v) is 2.74. The summed E-state index contributed by atoms with van der Waals surface area (Å²) < 4.78 is 10.9. The number of amides is 2. The van der Waals surface area contributed by atoms with Crippen LogP contribution < -0.4 is 0 Å². The Morgan fingerprint density at radius 2 is 2.23 bits per heavy atom. The molecule has 2 rings (SSSR count). The third kappa shape index (κ3) is 4.21. The van der Waals surface area contributed by atoms with Gasteiger partial charge in [-0.25, -0.2) is 4.79 Å². The average molecular weight is 306 g/mol. The Bertz CT molecular complexity index is 493. The minimum atomic E-state index is -0.0359. The van der Waals surface area contributed by atoms with E-state index >= 15 is 0 Å². The first kappa shape index (κ1) is 16.8. The molecule has 1 aromatic rings. The molecule has 1 atom stereocenters. The van der Waals surface area contributed by atoms with Crippen molar-refractivity contribution in [3.8, 4) is 0 Å². The smallest absolute Gasteiger partial charge is 0.319 e. The molecule has 1 heterocycles. The molecule has 1 saturated heterocycles. The molecule has 0 radical (unpaired) electrons. The number of nitrogens with zero attached hydrogens (tertiary/aromatic N) is 2. The summed E-state index contributed by atoms with van der Waals surface area (Å²) in [5.41, 5.74) is 2.37. The highest BCUT2D eigenvalue weighted by molar-refractivity contribution is 5.74. The van der Waals surface area contributed by atoms with Crippen LogP contribution in [-0.4, -0.2) is 62.8 Å². The Hall–Kier alpha value is -1.59. The average Bonchev–Trinajstić information content (AvgIpc) is 2.55. The number of methoxy groups -OCH3 is 1. The Morgan fingerprint density at radius 3 is 2.95 bits per heavy atom. The van der Waals surface area contributed by atoms with Gasteiger partial charge in [-0.05, 0) is 24.5 Å². The molecule has 0 N–H and O–H groups in total. The van der Waals surface area contributed by atoms with E-state index in [9.17, 15) is 4.79 Å². The van der Waals surface area contributed by atoms with E-state index in [1.165, 1.54) is 11.1 Å². The van der Waals surface area contributed by atoms with Gasteiger partial charge in [0.25, 0.3) is 0 Å². The van der Waals surface area contributed by atoms with E-state index in [0.29, 0.717) is 32.8 Å². The van der Waals surface area contributed by atoms with Crippen molar-refractivity contribution in [1.29, 1.82) is 0 Å². The second-order valence-electron chi connectivity index (χ2n) is 5.71. The summed E-state index contributed by atoms with van der Waals surface area (Å²) in [5, 5.41) is 0. The van der Waals surface area contributed by atoms with Crippen LogP contribution in [-0.2, 0) is 9.47 Å². The number of urea groups is 1. The molecule has 1 aromatic carbocycles. The minimum Gasteiger partial charge on any atom is -0.385 e. The van der Waals surface area contributed by atoms with Crippen molar-refractivity contribution in [2.45, 2.75) is 19.4 Å². The van der Waals surface area contributed by atoms with E-state index in [2.05, 4.69) is 19.1 Å². The van der Waals surface area contributed by atoms with Gasteiger partial charge in [-0.3, -0.25) is 0 Å². The molecule has 5 nitrogen and oxygen atoms in total. The molecule has 1 fully saturated rings. The number of morpholine rings is 1. The van der Waals surface area contributed by atoms with Crippen molar-refractivity contribution in [2.75, 3.05) is 47.0 Å². The third-order valence-corrected chi connectivity index (χ3v) is 4.04. The summed E-state index contributed by atoms with van der Waals surface area (Å²) in [5.74, 6) is 0. The van der Waals surface area contributed by atoms with Crippen LogP contribution in [0.25, 0.3) is 0 Å². The van der Waals surface area contributed by atoms with Crippen LogP contribution in [0.4, 0.5) is 4.79 Å². The SMILES string of the molecule is COCCCN(C)C(=O)N1CCO[C@H](c2ccccc2C)C1. The van der Waals surface area contributed by atoms with E-state index in [1.54, 1.807) is 12.0 Å². The lowest BCUT2D eigenvalue weighted by molar-refractivity contribution is -0.0201. The number of ether oxygens (including phenoxy) is 2. The number of hydrogen-bond acceptors (Lipinski definition) is 3. The monoisotopic (exact) mass is 306 g/mol. The van der Waals surface area contributed by atoms with Gasteiger partial charge in [0.2, 0.25) is 0 Å². The number of benzene rings is 1. The highest BCUT2D eigenvalue weighted by Gasteiger charge is 2.27. The highest BCUT2D eigenvalue weighted by Crippen LogP contribution is 2.25. The molecule has 0 bridgehead atoms. The third-order valence-electron chi connectivity index (χ3n) is 4.04. The lowest BCUT2D eigenvalue weighted by atomic mass is 10.0. The maximum atomic E-state index is 12.5. The van der Waals surface area contributed by atoms with Crippen molar-refractivity contribution in [3.63, 3.8) is 0 Å². The molecule has 5 heteroatoms. The molecule has 0 spiro atoms. The Morgan fingerprint density at radius 1 is 1.45 bits per heavy atom. The predicted molar refractivity (Wildman–Crippen MR) is 86.0 cm³/mol. The lowest BCUT2D eigenvalue weighted by Gasteiger charge is -2.36. The van der Waals surface area contributed by atoms with Crippen molar-refractivity contribution in [1.82, 2.24) is 9.80 Å². The van der Waals surface area contributed by atoms with Gasteiger partial charge >= 0.3 is 6.03 Å². The summed E-state index contributed by atoms with van der Waals surface area (Å²) in [6.07, 6.45) is 0.816. The maximum Gasteiger partial charge on any atom is 0.319 e. The highest BCUT2D eigenvalue weighted by atomic mass is 16.5. The molecular formula is C17H26N2O3. The summed E-state index contributed by atoms with van der Waals surface area (Å²) in [7, 11) is 3.52. The van der Waals surface area contributed by atoms with E-state index in [0.717, 1.165) is 6.42 Å². The van der Waals surface area contributed by atoms with E-state index in [4.69, 9.17) is 9.47 Å². The van der Waals surface area contributed by atoms with Crippen LogP contribution >= 0.6 is 0 Å². The van der Waals surface area contributed by atoms with E-state index in [1.807, 2.05) is 24.1 Å². The van der Waals surface area contributed by atoms with Crippen LogP contribution in [0.5, 0.6) is 0 Å². The lowest BCUT2D eigenvalue weighted by Crippen LogP contribution is -2.48. The topological polar surface area (TPSA) is 42.0 Å². The minimum absolute atomic E-state index is 0.0359. The quantitative estimate of drug-likeness (QED) is 0.785. The zero-order valence-corrected chi connectivity index (χ0v) is 13.7. The van der Waals surface area contributed by atoms with Crippen molar-refractivity contribution < 1.29 is 14.3 Å². The van der Waals surface area contributed by atoms with Crippen LogP contribution in [0.2, 0.25) is 0 Å². The normalized spacial score (nSPS) is 18.3. The first-order valence-corrected chi connectivity index (χ1v) is 7.79. The molecule has 0 aliphatic carbocycles. The fourth-order valence-electron chi connectivity index (χ4n) is 2.74. The number of aryl methyl sites for hydroxylation is 1. The number of carbonyl (C=O) groups is 1. The Balaban J connectivity index is 1.95. The molecule has 0 aromatic heterocycles. The number of carbonyl (C=O) groups excluding carboxylic acids is 1. The summed E-state index contributed by atoms with van der Waals surface area (Å²) >= 11 is 0. The van der Waals surface area contributed by atoms with Gasteiger partial charge < -0.3 is 19.3 Å². The maximum absolute atomic E-state index is 12.5. The van der Waals surface area contributed by atoms with Gasteiger partial charge in [0, 0.05) is 33.9 Å². The Kier molecular flexibility index (Phi) is 6.21. The summed E-state index contributed by atoms with van der Waals surface area (Å²) in [4.78, 5) is 16.2. The predicted octanol–water partition coefficient (Wildman–Crippen LogP) is 2.46. The van der Waals surface area contributed by atoms with Gasteiger partial charge in [0.15, 0.2) is 0 Å².